The Hall–Kier alpha value is 0.340. The van der Waals surface area contributed by atoms with Crippen LogP contribution in [0.1, 0.15) is 32.6 Å². The van der Waals surface area contributed by atoms with Crippen LogP contribution in [0.5, 0.6) is 0 Å². The van der Waals surface area contributed by atoms with Crippen LogP contribution in [0.4, 0.5) is 0 Å². The number of carbonyl (C=O) groups is 1. The zero-order valence-electron chi connectivity index (χ0n) is 8.14. The average molecular weight is 262 g/mol. The van der Waals surface area contributed by atoms with Gasteiger partial charge in [-0.1, -0.05) is 49.4 Å². The minimum atomic E-state index is -1.12. The molecule has 0 aromatic carbocycles. The fourth-order valence-electron chi connectivity index (χ4n) is 0.935. The van der Waals surface area contributed by atoms with Gasteiger partial charge in [0, 0.05) is 0 Å². The minimum absolute atomic E-state index is 0.141. The van der Waals surface area contributed by atoms with Gasteiger partial charge < -0.3 is 4.74 Å². The molecular formula is C9H15Cl3O2. The highest BCUT2D eigenvalue weighted by atomic mass is 35.5. The Morgan fingerprint density at radius 2 is 1.93 bits per heavy atom. The van der Waals surface area contributed by atoms with Crippen LogP contribution in [0.2, 0.25) is 0 Å². The molecule has 0 bridgehead atoms. The third kappa shape index (κ3) is 7.72. The standard InChI is InChI=1S/C9H15Cl3O2/c1-2-3-4-5-7(10)6-14-9(13)8(11)12/h7-8H,2-6H2,1H3. The molecule has 0 saturated carbocycles. The van der Waals surface area contributed by atoms with Crippen molar-refractivity contribution in [3.8, 4) is 0 Å². The summed E-state index contributed by atoms with van der Waals surface area (Å²) in [5.74, 6) is -0.630. The Morgan fingerprint density at radius 1 is 1.29 bits per heavy atom. The van der Waals surface area contributed by atoms with E-state index in [0.29, 0.717) is 0 Å². The number of hydrogen-bond donors (Lipinski definition) is 0. The van der Waals surface area contributed by atoms with E-state index in [0.717, 1.165) is 25.7 Å². The molecule has 0 aromatic heterocycles. The van der Waals surface area contributed by atoms with E-state index in [2.05, 4.69) is 6.92 Å². The fraction of sp³-hybridized carbons (Fsp3) is 0.889. The predicted octanol–water partition coefficient (Wildman–Crippen LogP) is 3.52. The van der Waals surface area contributed by atoms with Crippen LogP contribution in [0.15, 0.2) is 0 Å². The van der Waals surface area contributed by atoms with Gasteiger partial charge in [-0.2, -0.15) is 0 Å². The molecule has 2 nitrogen and oxygen atoms in total. The summed E-state index contributed by atoms with van der Waals surface area (Å²) in [6.45, 7) is 2.30. The summed E-state index contributed by atoms with van der Waals surface area (Å²) < 4.78 is 4.76. The third-order valence-electron chi connectivity index (χ3n) is 1.71. The lowest BCUT2D eigenvalue weighted by molar-refractivity contribution is -0.141. The highest BCUT2D eigenvalue weighted by Gasteiger charge is 2.14. The van der Waals surface area contributed by atoms with Gasteiger partial charge in [0.1, 0.15) is 6.61 Å². The number of alkyl halides is 3. The Balaban J connectivity index is 3.43. The van der Waals surface area contributed by atoms with Gasteiger partial charge in [-0.3, -0.25) is 0 Å². The normalized spacial score (nSPS) is 12.9. The van der Waals surface area contributed by atoms with Crippen LogP contribution < -0.4 is 0 Å². The van der Waals surface area contributed by atoms with Crippen molar-refractivity contribution in [2.45, 2.75) is 42.8 Å². The molecule has 1 atom stereocenters. The average Bonchev–Trinajstić information content (AvgIpc) is 2.14. The second-order valence-electron chi connectivity index (χ2n) is 3.02. The van der Waals surface area contributed by atoms with Gasteiger partial charge in [-0.05, 0) is 6.42 Å². The van der Waals surface area contributed by atoms with Gasteiger partial charge in [-0.15, -0.1) is 11.6 Å². The number of rotatable bonds is 7. The first-order chi connectivity index (χ1) is 6.57. The zero-order chi connectivity index (χ0) is 11.0. The molecule has 0 fully saturated rings. The van der Waals surface area contributed by atoms with Crippen LogP contribution in [0.3, 0.4) is 0 Å². The topological polar surface area (TPSA) is 26.3 Å². The fourth-order valence-corrected chi connectivity index (χ4v) is 1.28. The quantitative estimate of drug-likeness (QED) is 0.398. The molecule has 0 heterocycles. The molecule has 1 unspecified atom stereocenters. The number of ether oxygens (including phenoxy) is 1. The summed E-state index contributed by atoms with van der Waals surface area (Å²) in [5, 5.41) is -0.141. The zero-order valence-corrected chi connectivity index (χ0v) is 10.4. The first-order valence-corrected chi connectivity index (χ1v) is 5.97. The molecule has 0 aliphatic carbocycles. The lowest BCUT2D eigenvalue weighted by Crippen LogP contribution is -2.18. The van der Waals surface area contributed by atoms with Crippen molar-refractivity contribution in [3.05, 3.63) is 0 Å². The molecule has 0 aliphatic heterocycles. The monoisotopic (exact) mass is 260 g/mol. The highest BCUT2D eigenvalue weighted by molar-refractivity contribution is 6.52. The number of carbonyl (C=O) groups excluding carboxylic acids is 1. The van der Waals surface area contributed by atoms with Gasteiger partial charge in [0.2, 0.25) is 4.84 Å². The van der Waals surface area contributed by atoms with E-state index >= 15 is 0 Å². The van der Waals surface area contributed by atoms with Crippen molar-refractivity contribution >= 4 is 40.8 Å². The lowest BCUT2D eigenvalue weighted by Gasteiger charge is -2.10. The summed E-state index contributed by atoms with van der Waals surface area (Å²) in [6.07, 6.45) is 4.19. The largest absolute Gasteiger partial charge is 0.462 e. The summed E-state index contributed by atoms with van der Waals surface area (Å²) in [4.78, 5) is 9.72. The molecule has 0 rings (SSSR count). The van der Waals surface area contributed by atoms with E-state index in [1.54, 1.807) is 0 Å². The Bertz CT molecular complexity index is 162. The predicted molar refractivity (Wildman–Crippen MR) is 60.2 cm³/mol. The van der Waals surface area contributed by atoms with Crippen molar-refractivity contribution < 1.29 is 9.53 Å². The Morgan fingerprint density at radius 3 is 2.43 bits per heavy atom. The second-order valence-corrected chi connectivity index (χ2v) is 4.74. The summed E-state index contributed by atoms with van der Waals surface area (Å²) in [5.41, 5.74) is 0. The highest BCUT2D eigenvalue weighted by Crippen LogP contribution is 2.11. The SMILES string of the molecule is CCCCCC(Cl)COC(=O)C(Cl)Cl. The van der Waals surface area contributed by atoms with E-state index < -0.39 is 10.8 Å². The molecule has 84 valence electrons. The summed E-state index contributed by atoms with van der Waals surface area (Å²) in [6, 6.07) is 0. The van der Waals surface area contributed by atoms with E-state index in [1.165, 1.54) is 0 Å². The molecule has 5 heteroatoms. The van der Waals surface area contributed by atoms with Crippen LogP contribution >= 0.6 is 34.8 Å². The number of hydrogen-bond acceptors (Lipinski definition) is 2. The number of esters is 1. The van der Waals surface area contributed by atoms with Gasteiger partial charge >= 0.3 is 5.97 Å². The van der Waals surface area contributed by atoms with Gasteiger partial charge in [0.25, 0.3) is 0 Å². The molecule has 0 aliphatic rings. The maximum atomic E-state index is 10.8. The smallest absolute Gasteiger partial charge is 0.339 e. The maximum Gasteiger partial charge on any atom is 0.339 e. The maximum absolute atomic E-state index is 10.8. The van der Waals surface area contributed by atoms with E-state index in [4.69, 9.17) is 39.5 Å². The van der Waals surface area contributed by atoms with Crippen molar-refractivity contribution in [1.82, 2.24) is 0 Å². The van der Waals surface area contributed by atoms with E-state index in [1.807, 2.05) is 0 Å². The molecule has 0 aromatic rings. The molecule has 0 saturated heterocycles. The minimum Gasteiger partial charge on any atom is -0.462 e. The van der Waals surface area contributed by atoms with Gasteiger partial charge in [0.05, 0.1) is 5.38 Å². The molecule has 0 N–H and O–H groups in total. The first-order valence-electron chi connectivity index (χ1n) is 4.66. The van der Waals surface area contributed by atoms with Crippen molar-refractivity contribution in [2.24, 2.45) is 0 Å². The lowest BCUT2D eigenvalue weighted by atomic mass is 10.1. The third-order valence-corrected chi connectivity index (χ3v) is 2.41. The van der Waals surface area contributed by atoms with Crippen molar-refractivity contribution in [2.75, 3.05) is 6.61 Å². The molecule has 0 radical (unpaired) electrons. The van der Waals surface area contributed by atoms with Crippen LogP contribution in [-0.4, -0.2) is 22.8 Å². The van der Waals surface area contributed by atoms with Crippen molar-refractivity contribution in [3.63, 3.8) is 0 Å². The molecule has 0 amide bonds. The molecule has 0 spiro atoms. The van der Waals surface area contributed by atoms with Crippen LogP contribution in [-0.2, 0) is 9.53 Å². The number of unbranched alkanes of at least 4 members (excludes halogenated alkanes) is 2. The van der Waals surface area contributed by atoms with Gasteiger partial charge in [0.15, 0.2) is 0 Å². The molecule has 14 heavy (non-hydrogen) atoms. The van der Waals surface area contributed by atoms with Crippen LogP contribution in [0, 0.1) is 0 Å². The first kappa shape index (κ1) is 14.3. The summed E-state index contributed by atoms with van der Waals surface area (Å²) >= 11 is 16.5. The van der Waals surface area contributed by atoms with E-state index in [-0.39, 0.29) is 12.0 Å². The number of halogens is 3. The van der Waals surface area contributed by atoms with E-state index in [9.17, 15) is 4.79 Å². The molecular weight excluding hydrogens is 246 g/mol. The Labute approximate surface area is 99.8 Å². The van der Waals surface area contributed by atoms with Gasteiger partial charge in [-0.25, -0.2) is 4.79 Å². The summed E-state index contributed by atoms with van der Waals surface area (Å²) in [7, 11) is 0. The van der Waals surface area contributed by atoms with Crippen molar-refractivity contribution in [1.29, 1.82) is 0 Å². The Kier molecular flexibility index (Phi) is 8.84. The van der Waals surface area contributed by atoms with Crippen LogP contribution in [0.25, 0.3) is 0 Å². The second kappa shape index (κ2) is 8.63.